The number of hydrogen-bond acceptors (Lipinski definition) is 3. The molecular formula is C23H29N5O2. The molecule has 0 radical (unpaired) electrons. The quantitative estimate of drug-likeness (QED) is 0.772. The van der Waals surface area contributed by atoms with Crippen LogP contribution in [0, 0.1) is 5.41 Å². The van der Waals surface area contributed by atoms with E-state index in [9.17, 15) is 9.59 Å². The number of nitrogens with zero attached hydrogens (tertiary/aromatic N) is 3. The van der Waals surface area contributed by atoms with Gasteiger partial charge in [-0.25, -0.2) is 4.79 Å². The second kappa shape index (κ2) is 8.57. The van der Waals surface area contributed by atoms with Gasteiger partial charge in [0, 0.05) is 34.2 Å². The van der Waals surface area contributed by atoms with E-state index in [4.69, 9.17) is 5.41 Å². The molecule has 3 amide bonds. The fraction of sp³-hybridized carbons (Fsp3) is 0.348. The molecule has 0 spiro atoms. The summed E-state index contributed by atoms with van der Waals surface area (Å²) in [6, 6.07) is 17.3. The van der Waals surface area contributed by atoms with Crippen molar-refractivity contribution in [2.45, 2.75) is 18.9 Å². The number of carbonyl (C=O) groups is 2. The molecule has 0 aliphatic carbocycles. The predicted octanol–water partition coefficient (Wildman–Crippen LogP) is 2.47. The number of amides is 3. The summed E-state index contributed by atoms with van der Waals surface area (Å²) >= 11 is 0. The van der Waals surface area contributed by atoms with Crippen molar-refractivity contribution in [2.24, 2.45) is 0 Å². The maximum atomic E-state index is 13.3. The number of hydrogen-bond donors (Lipinski definition) is 2. The smallest absolute Gasteiger partial charge is 0.319 e. The average Bonchev–Trinajstić information content (AvgIpc) is 2.99. The average molecular weight is 408 g/mol. The third kappa shape index (κ3) is 3.75. The van der Waals surface area contributed by atoms with Crippen LogP contribution >= 0.6 is 0 Å². The molecule has 1 aliphatic rings. The Morgan fingerprint density at radius 2 is 1.77 bits per heavy atom. The summed E-state index contributed by atoms with van der Waals surface area (Å²) in [6.45, 7) is 3.18. The molecule has 1 saturated heterocycles. The van der Waals surface area contributed by atoms with Gasteiger partial charge in [0.2, 0.25) is 0 Å². The van der Waals surface area contributed by atoms with Gasteiger partial charge >= 0.3 is 6.03 Å². The zero-order chi connectivity index (χ0) is 21.9. The van der Waals surface area contributed by atoms with Crippen molar-refractivity contribution in [3.63, 3.8) is 0 Å². The number of guanidine groups is 1. The van der Waals surface area contributed by atoms with E-state index in [1.54, 1.807) is 30.9 Å². The van der Waals surface area contributed by atoms with Crippen molar-refractivity contribution in [3.8, 4) is 0 Å². The Hall–Kier alpha value is -3.35. The first kappa shape index (κ1) is 21.4. The second-order valence-corrected chi connectivity index (χ2v) is 7.66. The Balaban J connectivity index is 1.95. The lowest BCUT2D eigenvalue weighted by Crippen LogP contribution is -2.45. The Morgan fingerprint density at radius 3 is 2.33 bits per heavy atom. The molecule has 158 valence electrons. The van der Waals surface area contributed by atoms with Gasteiger partial charge in [-0.1, -0.05) is 54.6 Å². The molecule has 0 aromatic heterocycles. The van der Waals surface area contributed by atoms with Gasteiger partial charge in [-0.15, -0.1) is 0 Å². The normalized spacial score (nSPS) is 18.3. The van der Waals surface area contributed by atoms with Gasteiger partial charge in [0.05, 0.1) is 0 Å². The lowest BCUT2D eigenvalue weighted by molar-refractivity contribution is -0.129. The third-order valence-corrected chi connectivity index (χ3v) is 5.54. The van der Waals surface area contributed by atoms with E-state index >= 15 is 0 Å². The molecule has 2 aromatic rings. The van der Waals surface area contributed by atoms with E-state index in [2.05, 4.69) is 5.32 Å². The van der Waals surface area contributed by atoms with Crippen LogP contribution in [0.4, 0.5) is 4.79 Å². The van der Waals surface area contributed by atoms with Crippen LogP contribution in [-0.2, 0) is 16.8 Å². The van der Waals surface area contributed by atoms with Crippen molar-refractivity contribution in [3.05, 3.63) is 71.3 Å². The minimum Gasteiger partial charge on any atom is -0.334 e. The SMILES string of the molecule is CCN(CCc1cccc(C2(c3ccccc3)NC(=N)N(C)C2=O)c1)C(=O)N(C)C. The van der Waals surface area contributed by atoms with E-state index in [0.29, 0.717) is 19.5 Å². The summed E-state index contributed by atoms with van der Waals surface area (Å²) in [5.41, 5.74) is 1.47. The Morgan fingerprint density at radius 1 is 1.10 bits per heavy atom. The summed E-state index contributed by atoms with van der Waals surface area (Å²) < 4.78 is 0. The van der Waals surface area contributed by atoms with Gasteiger partial charge < -0.3 is 15.1 Å². The van der Waals surface area contributed by atoms with Crippen molar-refractivity contribution in [1.29, 1.82) is 5.41 Å². The number of carbonyl (C=O) groups excluding carboxylic acids is 2. The maximum absolute atomic E-state index is 13.3. The number of urea groups is 1. The summed E-state index contributed by atoms with van der Waals surface area (Å²) in [6.07, 6.45) is 0.674. The maximum Gasteiger partial charge on any atom is 0.319 e. The van der Waals surface area contributed by atoms with Crippen LogP contribution in [0.5, 0.6) is 0 Å². The van der Waals surface area contributed by atoms with E-state index in [1.807, 2.05) is 61.5 Å². The topological polar surface area (TPSA) is 79.7 Å². The van der Waals surface area contributed by atoms with Gasteiger partial charge in [0.25, 0.3) is 5.91 Å². The molecule has 0 saturated carbocycles. The number of benzene rings is 2. The number of likely N-dealkylation sites (N-methyl/N-ethyl adjacent to an activating group) is 2. The minimum atomic E-state index is -1.13. The highest BCUT2D eigenvalue weighted by Gasteiger charge is 2.50. The summed E-state index contributed by atoms with van der Waals surface area (Å²) in [5, 5.41) is 11.3. The van der Waals surface area contributed by atoms with Crippen LogP contribution in [0.1, 0.15) is 23.6 Å². The van der Waals surface area contributed by atoms with E-state index in [-0.39, 0.29) is 17.9 Å². The molecule has 3 rings (SSSR count). The molecule has 1 unspecified atom stereocenters. The van der Waals surface area contributed by atoms with Crippen LogP contribution < -0.4 is 5.32 Å². The minimum absolute atomic E-state index is 0.0166. The van der Waals surface area contributed by atoms with Crippen molar-refractivity contribution in [2.75, 3.05) is 34.2 Å². The lowest BCUT2D eigenvalue weighted by atomic mass is 9.82. The van der Waals surface area contributed by atoms with Gasteiger partial charge in [-0.05, 0) is 30.0 Å². The van der Waals surface area contributed by atoms with Gasteiger partial charge in [-0.2, -0.15) is 0 Å². The lowest BCUT2D eigenvalue weighted by Gasteiger charge is -2.29. The Bertz CT molecular complexity index is 944. The van der Waals surface area contributed by atoms with Crippen LogP contribution in [0.3, 0.4) is 0 Å². The van der Waals surface area contributed by atoms with E-state index in [1.165, 1.54) is 4.90 Å². The first-order valence-corrected chi connectivity index (χ1v) is 10.1. The van der Waals surface area contributed by atoms with Gasteiger partial charge in [-0.3, -0.25) is 15.1 Å². The van der Waals surface area contributed by atoms with E-state index < -0.39 is 5.54 Å². The summed E-state index contributed by atoms with van der Waals surface area (Å²) in [7, 11) is 5.11. The third-order valence-electron chi connectivity index (χ3n) is 5.54. The molecule has 0 bridgehead atoms. The van der Waals surface area contributed by atoms with Crippen molar-refractivity contribution >= 4 is 17.9 Å². The molecule has 2 aromatic carbocycles. The number of rotatable bonds is 6. The fourth-order valence-corrected chi connectivity index (χ4v) is 3.81. The molecule has 1 aliphatic heterocycles. The summed E-state index contributed by atoms with van der Waals surface area (Å²) in [4.78, 5) is 30.3. The molecule has 2 N–H and O–H groups in total. The van der Waals surface area contributed by atoms with E-state index in [0.717, 1.165) is 16.7 Å². The molecule has 7 nitrogen and oxygen atoms in total. The van der Waals surface area contributed by atoms with Gasteiger partial charge in [0.15, 0.2) is 11.5 Å². The molecule has 1 fully saturated rings. The predicted molar refractivity (Wildman–Crippen MR) is 117 cm³/mol. The molecular weight excluding hydrogens is 378 g/mol. The first-order valence-electron chi connectivity index (χ1n) is 10.1. The highest BCUT2D eigenvalue weighted by Crippen LogP contribution is 2.35. The van der Waals surface area contributed by atoms with Crippen molar-refractivity contribution < 1.29 is 9.59 Å². The Labute approximate surface area is 177 Å². The molecule has 1 atom stereocenters. The standard InChI is InChI=1S/C23H29N5O2/c1-5-28(22(30)26(2)3)15-14-17-10-9-13-19(16-17)23(18-11-7-6-8-12-18)20(29)27(4)21(24)25-23/h6-13,16H,5,14-15H2,1-4H3,(H2,24,25). The van der Waals surface area contributed by atoms with Crippen LogP contribution in [0.25, 0.3) is 0 Å². The second-order valence-electron chi connectivity index (χ2n) is 7.66. The molecule has 1 heterocycles. The first-order chi connectivity index (χ1) is 14.3. The highest BCUT2D eigenvalue weighted by molar-refractivity contribution is 6.10. The van der Waals surface area contributed by atoms with Crippen LogP contribution in [0.2, 0.25) is 0 Å². The molecule has 7 heteroatoms. The fourth-order valence-electron chi connectivity index (χ4n) is 3.81. The van der Waals surface area contributed by atoms with Crippen LogP contribution in [-0.4, -0.2) is 66.8 Å². The molecule has 30 heavy (non-hydrogen) atoms. The highest BCUT2D eigenvalue weighted by atomic mass is 16.2. The van der Waals surface area contributed by atoms with Crippen LogP contribution in [0.15, 0.2) is 54.6 Å². The zero-order valence-corrected chi connectivity index (χ0v) is 18.0. The van der Waals surface area contributed by atoms with Crippen molar-refractivity contribution in [1.82, 2.24) is 20.0 Å². The number of nitrogens with one attached hydrogen (secondary N) is 2. The van der Waals surface area contributed by atoms with Gasteiger partial charge in [0.1, 0.15) is 0 Å². The monoisotopic (exact) mass is 407 g/mol. The zero-order valence-electron chi connectivity index (χ0n) is 18.0. The largest absolute Gasteiger partial charge is 0.334 e. The summed E-state index contributed by atoms with van der Waals surface area (Å²) in [5.74, 6) is -0.114. The Kier molecular flexibility index (Phi) is 6.10.